The van der Waals surface area contributed by atoms with Crippen LogP contribution in [0.4, 0.5) is 4.79 Å². The summed E-state index contributed by atoms with van der Waals surface area (Å²) < 4.78 is 5.31. The van der Waals surface area contributed by atoms with E-state index in [1.807, 2.05) is 32.5 Å². The smallest absolute Gasteiger partial charge is 0.407 e. The minimum atomic E-state index is -0.443. The van der Waals surface area contributed by atoms with Gasteiger partial charge in [0.2, 0.25) is 0 Å². The zero-order chi connectivity index (χ0) is 16.8. The lowest BCUT2D eigenvalue weighted by Gasteiger charge is -2.37. The van der Waals surface area contributed by atoms with Gasteiger partial charge < -0.3 is 15.4 Å². The van der Waals surface area contributed by atoms with Crippen LogP contribution < -0.4 is 10.6 Å². The lowest BCUT2D eigenvalue weighted by Crippen LogP contribution is -2.49. The van der Waals surface area contributed by atoms with Crippen LogP contribution in [0.2, 0.25) is 0 Å². The van der Waals surface area contributed by atoms with E-state index in [1.165, 1.54) is 12.2 Å². The van der Waals surface area contributed by atoms with E-state index in [-0.39, 0.29) is 6.09 Å². The van der Waals surface area contributed by atoms with E-state index in [9.17, 15) is 4.79 Å². The van der Waals surface area contributed by atoms with Crippen molar-refractivity contribution in [3.05, 3.63) is 0 Å². The first-order valence-corrected chi connectivity index (χ1v) is 9.57. The summed E-state index contributed by atoms with van der Waals surface area (Å²) in [6.07, 6.45) is 3.05. The fourth-order valence-corrected chi connectivity index (χ4v) is 4.10. The second-order valence-electron chi connectivity index (χ2n) is 8.12. The molecule has 0 radical (unpaired) electrons. The Morgan fingerprint density at radius 1 is 1.41 bits per heavy atom. The van der Waals surface area contributed by atoms with E-state index in [2.05, 4.69) is 31.4 Å². The van der Waals surface area contributed by atoms with Crippen molar-refractivity contribution >= 4 is 17.9 Å². The molecule has 0 aromatic carbocycles. The molecule has 1 aliphatic heterocycles. The highest BCUT2D eigenvalue weighted by atomic mass is 32.2. The molecule has 2 unspecified atom stereocenters. The number of thioether (sulfide) groups is 1. The highest BCUT2D eigenvalue weighted by Gasteiger charge is 2.29. The molecule has 1 aliphatic rings. The first kappa shape index (κ1) is 19.6. The molecule has 0 aromatic rings. The lowest BCUT2D eigenvalue weighted by atomic mass is 9.87. The fraction of sp³-hybridized carbons (Fsp3) is 0.941. The molecule has 1 heterocycles. The molecule has 130 valence electrons. The van der Waals surface area contributed by atoms with Crippen molar-refractivity contribution in [2.24, 2.45) is 5.41 Å². The minimum Gasteiger partial charge on any atom is -0.444 e. The van der Waals surface area contributed by atoms with Crippen LogP contribution in [0.5, 0.6) is 0 Å². The summed E-state index contributed by atoms with van der Waals surface area (Å²) in [5, 5.41) is 6.64. The molecule has 5 heteroatoms. The Hall–Kier alpha value is -0.420. The maximum absolute atomic E-state index is 11.8. The van der Waals surface area contributed by atoms with Gasteiger partial charge in [-0.3, -0.25) is 0 Å². The highest BCUT2D eigenvalue weighted by Crippen LogP contribution is 2.33. The van der Waals surface area contributed by atoms with Gasteiger partial charge in [-0.15, -0.1) is 0 Å². The molecule has 1 amide bonds. The Labute approximate surface area is 140 Å². The predicted octanol–water partition coefficient (Wildman–Crippen LogP) is 3.80. The summed E-state index contributed by atoms with van der Waals surface area (Å²) in [6.45, 7) is 13.1. The van der Waals surface area contributed by atoms with Crippen LogP contribution in [0.1, 0.15) is 60.8 Å². The van der Waals surface area contributed by atoms with Crippen LogP contribution in [0.3, 0.4) is 0 Å². The third-order valence-corrected chi connectivity index (χ3v) is 5.23. The zero-order valence-electron chi connectivity index (χ0n) is 15.1. The normalized spacial score (nSPS) is 22.9. The van der Waals surface area contributed by atoms with Crippen LogP contribution in [0, 0.1) is 5.41 Å². The number of nitrogens with one attached hydrogen (secondary N) is 2. The molecule has 2 N–H and O–H groups in total. The average molecular weight is 331 g/mol. The predicted molar refractivity (Wildman–Crippen MR) is 95.6 cm³/mol. The summed E-state index contributed by atoms with van der Waals surface area (Å²) >= 11 is 2.03. The van der Waals surface area contributed by atoms with Gasteiger partial charge in [0.1, 0.15) is 5.60 Å². The second-order valence-corrected chi connectivity index (χ2v) is 9.15. The molecule has 0 spiro atoms. The Bertz CT molecular complexity index is 353. The second kappa shape index (κ2) is 8.44. The topological polar surface area (TPSA) is 50.4 Å². The number of hydrogen-bond acceptors (Lipinski definition) is 4. The van der Waals surface area contributed by atoms with E-state index in [0.717, 1.165) is 18.6 Å². The number of carbonyl (C=O) groups excluding carboxylic acids is 1. The van der Waals surface area contributed by atoms with Gasteiger partial charge in [0.05, 0.1) is 0 Å². The molecule has 1 fully saturated rings. The molecule has 1 saturated heterocycles. The largest absolute Gasteiger partial charge is 0.444 e. The van der Waals surface area contributed by atoms with E-state index in [1.54, 1.807) is 0 Å². The first-order chi connectivity index (χ1) is 10.1. The van der Waals surface area contributed by atoms with E-state index in [0.29, 0.717) is 24.0 Å². The maximum atomic E-state index is 11.8. The van der Waals surface area contributed by atoms with Crippen molar-refractivity contribution in [3.63, 3.8) is 0 Å². The highest BCUT2D eigenvalue weighted by molar-refractivity contribution is 7.99. The molecule has 0 saturated carbocycles. The Balaban J connectivity index is 2.43. The van der Waals surface area contributed by atoms with E-state index >= 15 is 0 Å². The Morgan fingerprint density at radius 3 is 2.64 bits per heavy atom. The number of alkyl carbamates (subject to hydrolysis) is 1. The van der Waals surface area contributed by atoms with Crippen molar-refractivity contribution in [1.29, 1.82) is 0 Å². The van der Waals surface area contributed by atoms with Crippen molar-refractivity contribution in [3.8, 4) is 0 Å². The van der Waals surface area contributed by atoms with Crippen molar-refractivity contribution in [1.82, 2.24) is 10.6 Å². The van der Waals surface area contributed by atoms with Gasteiger partial charge >= 0.3 is 6.09 Å². The molecular weight excluding hydrogens is 296 g/mol. The van der Waals surface area contributed by atoms with Crippen molar-refractivity contribution in [2.75, 3.05) is 18.1 Å². The number of rotatable bonds is 6. The zero-order valence-corrected chi connectivity index (χ0v) is 15.9. The van der Waals surface area contributed by atoms with Gasteiger partial charge in [-0.25, -0.2) is 4.79 Å². The van der Waals surface area contributed by atoms with Gasteiger partial charge in [0.25, 0.3) is 0 Å². The number of carbonyl (C=O) groups is 1. The van der Waals surface area contributed by atoms with Crippen LogP contribution in [-0.4, -0.2) is 41.8 Å². The molecule has 4 nitrogen and oxygen atoms in total. The van der Waals surface area contributed by atoms with Crippen LogP contribution >= 0.6 is 11.8 Å². The SMILES string of the molecule is CCCC(CNC(=O)OC(C)(C)C)NC1CSCC(C)(C)C1. The van der Waals surface area contributed by atoms with Crippen LogP contribution in [0.25, 0.3) is 0 Å². The monoisotopic (exact) mass is 330 g/mol. The van der Waals surface area contributed by atoms with Crippen LogP contribution in [0.15, 0.2) is 0 Å². The third kappa shape index (κ3) is 8.28. The van der Waals surface area contributed by atoms with Crippen molar-refractivity contribution in [2.45, 2.75) is 78.5 Å². The molecule has 0 bridgehead atoms. The molecule has 2 atom stereocenters. The van der Waals surface area contributed by atoms with Gasteiger partial charge in [-0.1, -0.05) is 27.2 Å². The fourth-order valence-electron chi connectivity index (χ4n) is 2.82. The quantitative estimate of drug-likeness (QED) is 0.778. The summed E-state index contributed by atoms with van der Waals surface area (Å²) in [6, 6.07) is 0.850. The number of amides is 1. The molecule has 0 aromatic heterocycles. The van der Waals surface area contributed by atoms with Crippen LogP contribution in [-0.2, 0) is 4.74 Å². The molecule has 0 aliphatic carbocycles. The standard InChI is InChI=1S/C17H34N2O2S/c1-7-8-13(10-18-15(20)21-16(2,3)4)19-14-9-17(5,6)12-22-11-14/h13-14,19H,7-12H2,1-6H3,(H,18,20). The van der Waals surface area contributed by atoms with Gasteiger partial charge in [0, 0.05) is 24.4 Å². The summed E-state index contributed by atoms with van der Waals surface area (Å²) in [5.41, 5.74) is -0.0439. The molecular formula is C17H34N2O2S. The van der Waals surface area contributed by atoms with Gasteiger partial charge in [-0.05, 0) is 44.8 Å². The Morgan fingerprint density at radius 2 is 2.09 bits per heavy atom. The molecule has 22 heavy (non-hydrogen) atoms. The van der Waals surface area contributed by atoms with Gasteiger partial charge in [-0.2, -0.15) is 11.8 Å². The van der Waals surface area contributed by atoms with E-state index < -0.39 is 5.60 Å². The molecule has 1 rings (SSSR count). The summed E-state index contributed by atoms with van der Waals surface area (Å²) in [4.78, 5) is 11.8. The first-order valence-electron chi connectivity index (χ1n) is 8.42. The average Bonchev–Trinajstić information content (AvgIpc) is 2.33. The Kier molecular flexibility index (Phi) is 7.53. The lowest BCUT2D eigenvalue weighted by molar-refractivity contribution is 0.0520. The third-order valence-electron chi connectivity index (χ3n) is 3.61. The summed E-state index contributed by atoms with van der Waals surface area (Å²) in [7, 11) is 0. The number of hydrogen-bond donors (Lipinski definition) is 2. The van der Waals surface area contributed by atoms with Gasteiger partial charge in [0.15, 0.2) is 0 Å². The number of ether oxygens (including phenoxy) is 1. The van der Waals surface area contributed by atoms with Crippen molar-refractivity contribution < 1.29 is 9.53 Å². The maximum Gasteiger partial charge on any atom is 0.407 e. The van der Waals surface area contributed by atoms with E-state index in [4.69, 9.17) is 4.74 Å². The minimum absolute atomic E-state index is 0.317. The summed E-state index contributed by atoms with van der Waals surface area (Å²) in [5.74, 6) is 2.40.